The normalized spacial score (nSPS) is 17.9. The van der Waals surface area contributed by atoms with Crippen molar-refractivity contribution >= 4 is 12.0 Å². The van der Waals surface area contributed by atoms with Crippen molar-refractivity contribution in [3.63, 3.8) is 0 Å². The smallest absolute Gasteiger partial charge is 0.407 e. The van der Waals surface area contributed by atoms with Gasteiger partial charge < -0.3 is 20.1 Å². The number of nitrogens with one attached hydrogen (secondary N) is 1. The highest BCUT2D eigenvalue weighted by Crippen LogP contribution is 2.19. The maximum atomic E-state index is 12.3. The second kappa shape index (κ2) is 6.89. The number of hydrogen-bond donors (Lipinski definition) is 2. The molecule has 1 aromatic carbocycles. The first-order valence-corrected chi connectivity index (χ1v) is 7.79. The monoisotopic (exact) mass is 320 g/mol. The minimum atomic E-state index is -0.539. The molecule has 1 heterocycles. The molecule has 0 aliphatic carbocycles. The average molecular weight is 320 g/mol. The molecule has 1 atom stereocenters. The third-order valence-electron chi connectivity index (χ3n) is 3.60. The van der Waals surface area contributed by atoms with Crippen LogP contribution in [0.2, 0.25) is 0 Å². The molecule has 1 fully saturated rings. The van der Waals surface area contributed by atoms with Crippen LogP contribution in [0.15, 0.2) is 24.3 Å². The number of amides is 2. The van der Waals surface area contributed by atoms with Gasteiger partial charge in [-0.2, -0.15) is 0 Å². The lowest BCUT2D eigenvalue weighted by Crippen LogP contribution is -2.41. The topological polar surface area (TPSA) is 78.9 Å². The van der Waals surface area contributed by atoms with Crippen molar-refractivity contribution in [2.75, 3.05) is 13.1 Å². The standard InChI is InChI=1S/C17H24N2O4/c1-17(2,3)23-16(22)18-13-8-9-19(11-13)15(21)10-12-6-4-5-7-14(12)20/h4-7,13,20H,8-11H2,1-3H3,(H,18,22)/t13-/m0/s1. The molecule has 6 nitrogen and oxygen atoms in total. The second-order valence-electron chi connectivity index (χ2n) is 6.78. The zero-order valence-corrected chi connectivity index (χ0v) is 13.8. The minimum Gasteiger partial charge on any atom is -0.508 e. The summed E-state index contributed by atoms with van der Waals surface area (Å²) < 4.78 is 5.22. The summed E-state index contributed by atoms with van der Waals surface area (Å²) in [4.78, 5) is 25.8. The molecule has 0 bridgehead atoms. The number of nitrogens with zero attached hydrogens (tertiary/aromatic N) is 1. The number of ether oxygens (including phenoxy) is 1. The van der Waals surface area contributed by atoms with Gasteiger partial charge in [0, 0.05) is 18.7 Å². The minimum absolute atomic E-state index is 0.0556. The number of phenols is 1. The molecular weight excluding hydrogens is 296 g/mol. The number of likely N-dealkylation sites (tertiary alicyclic amines) is 1. The van der Waals surface area contributed by atoms with Crippen molar-refractivity contribution in [3.05, 3.63) is 29.8 Å². The van der Waals surface area contributed by atoms with Crippen LogP contribution in [0.4, 0.5) is 4.79 Å². The fourth-order valence-corrected chi connectivity index (χ4v) is 2.51. The highest BCUT2D eigenvalue weighted by Gasteiger charge is 2.29. The van der Waals surface area contributed by atoms with E-state index in [0.29, 0.717) is 25.1 Å². The van der Waals surface area contributed by atoms with Gasteiger partial charge in [0.05, 0.1) is 12.5 Å². The first-order valence-electron chi connectivity index (χ1n) is 7.79. The van der Waals surface area contributed by atoms with Gasteiger partial charge >= 0.3 is 6.09 Å². The molecule has 1 aliphatic heterocycles. The van der Waals surface area contributed by atoms with Crippen LogP contribution in [0.3, 0.4) is 0 Å². The summed E-state index contributed by atoms with van der Waals surface area (Å²) in [6.45, 7) is 6.48. The van der Waals surface area contributed by atoms with Crippen LogP contribution >= 0.6 is 0 Å². The number of rotatable bonds is 3. The number of carbonyl (C=O) groups excluding carboxylic acids is 2. The van der Waals surface area contributed by atoms with E-state index in [0.717, 1.165) is 0 Å². The first kappa shape index (κ1) is 17.1. The number of carbonyl (C=O) groups is 2. The molecule has 0 unspecified atom stereocenters. The van der Waals surface area contributed by atoms with E-state index in [1.165, 1.54) is 0 Å². The van der Waals surface area contributed by atoms with Gasteiger partial charge in [0.15, 0.2) is 0 Å². The van der Waals surface area contributed by atoms with Gasteiger partial charge in [0.2, 0.25) is 5.91 Å². The van der Waals surface area contributed by atoms with E-state index < -0.39 is 11.7 Å². The van der Waals surface area contributed by atoms with E-state index in [1.54, 1.807) is 29.2 Å². The predicted octanol–water partition coefficient (Wildman–Crippen LogP) is 2.06. The number of aromatic hydroxyl groups is 1. The Morgan fingerprint density at radius 1 is 1.35 bits per heavy atom. The Morgan fingerprint density at radius 3 is 2.70 bits per heavy atom. The van der Waals surface area contributed by atoms with E-state index in [2.05, 4.69) is 5.32 Å². The van der Waals surface area contributed by atoms with Crippen LogP contribution < -0.4 is 5.32 Å². The molecule has 126 valence electrons. The van der Waals surface area contributed by atoms with Gasteiger partial charge in [-0.3, -0.25) is 4.79 Å². The molecule has 2 amide bonds. The third-order valence-corrected chi connectivity index (χ3v) is 3.60. The molecular formula is C17H24N2O4. The SMILES string of the molecule is CC(C)(C)OC(=O)N[C@H]1CCN(C(=O)Cc2ccccc2O)C1. The highest BCUT2D eigenvalue weighted by atomic mass is 16.6. The van der Waals surface area contributed by atoms with Gasteiger partial charge in [0.1, 0.15) is 11.4 Å². The molecule has 1 saturated heterocycles. The quantitative estimate of drug-likeness (QED) is 0.893. The van der Waals surface area contributed by atoms with E-state index in [1.807, 2.05) is 20.8 Å². The maximum Gasteiger partial charge on any atom is 0.407 e. The van der Waals surface area contributed by atoms with Crippen LogP contribution in [0, 0.1) is 0 Å². The lowest BCUT2D eigenvalue weighted by atomic mass is 10.1. The molecule has 0 saturated carbocycles. The Bertz CT molecular complexity index is 580. The zero-order valence-electron chi connectivity index (χ0n) is 13.8. The number of alkyl carbamates (subject to hydrolysis) is 1. The Hall–Kier alpha value is -2.24. The van der Waals surface area contributed by atoms with E-state index >= 15 is 0 Å². The van der Waals surface area contributed by atoms with E-state index in [-0.39, 0.29) is 24.1 Å². The van der Waals surface area contributed by atoms with Gasteiger partial charge in [-0.25, -0.2) is 4.79 Å². The first-order chi connectivity index (χ1) is 10.7. The summed E-state index contributed by atoms with van der Waals surface area (Å²) in [5.41, 5.74) is 0.0734. The molecule has 1 aromatic rings. The Balaban J connectivity index is 1.84. The third kappa shape index (κ3) is 5.16. The maximum absolute atomic E-state index is 12.3. The Kier molecular flexibility index (Phi) is 5.13. The molecule has 6 heteroatoms. The highest BCUT2D eigenvalue weighted by molar-refractivity contribution is 5.80. The van der Waals surface area contributed by atoms with Gasteiger partial charge in [-0.15, -0.1) is 0 Å². The molecule has 2 N–H and O–H groups in total. The fraction of sp³-hybridized carbons (Fsp3) is 0.529. The molecule has 23 heavy (non-hydrogen) atoms. The molecule has 0 radical (unpaired) electrons. The summed E-state index contributed by atoms with van der Waals surface area (Å²) in [5, 5.41) is 12.5. The predicted molar refractivity (Wildman–Crippen MR) is 86.2 cm³/mol. The summed E-state index contributed by atoms with van der Waals surface area (Å²) in [5.74, 6) is 0.0727. The summed E-state index contributed by atoms with van der Waals surface area (Å²) in [6, 6.07) is 6.72. The molecule has 2 rings (SSSR count). The summed E-state index contributed by atoms with van der Waals surface area (Å²) >= 11 is 0. The van der Waals surface area contributed by atoms with Crippen LogP contribution in [0.1, 0.15) is 32.8 Å². The lowest BCUT2D eigenvalue weighted by molar-refractivity contribution is -0.129. The summed E-state index contributed by atoms with van der Waals surface area (Å²) in [7, 11) is 0. The largest absolute Gasteiger partial charge is 0.508 e. The van der Waals surface area contributed by atoms with Crippen LogP contribution in [-0.2, 0) is 16.0 Å². The number of phenolic OH excluding ortho intramolecular Hbond substituents is 1. The van der Waals surface area contributed by atoms with Gasteiger partial charge in [0.25, 0.3) is 0 Å². The molecule has 0 aromatic heterocycles. The van der Waals surface area contributed by atoms with Crippen molar-refractivity contribution in [1.29, 1.82) is 0 Å². The molecule has 0 spiro atoms. The number of para-hydroxylation sites is 1. The zero-order chi connectivity index (χ0) is 17.0. The Labute approximate surface area is 136 Å². The van der Waals surface area contributed by atoms with Crippen molar-refractivity contribution in [3.8, 4) is 5.75 Å². The second-order valence-corrected chi connectivity index (χ2v) is 6.78. The van der Waals surface area contributed by atoms with Crippen molar-refractivity contribution < 1.29 is 19.4 Å². The van der Waals surface area contributed by atoms with Crippen LogP contribution in [0.5, 0.6) is 5.75 Å². The van der Waals surface area contributed by atoms with E-state index in [4.69, 9.17) is 4.74 Å². The lowest BCUT2D eigenvalue weighted by Gasteiger charge is -2.22. The van der Waals surface area contributed by atoms with Crippen LogP contribution in [0.25, 0.3) is 0 Å². The van der Waals surface area contributed by atoms with Gasteiger partial charge in [-0.05, 0) is 33.3 Å². The summed E-state index contributed by atoms with van der Waals surface area (Å²) in [6.07, 6.45) is 0.398. The van der Waals surface area contributed by atoms with E-state index in [9.17, 15) is 14.7 Å². The van der Waals surface area contributed by atoms with Crippen molar-refractivity contribution in [2.24, 2.45) is 0 Å². The fourth-order valence-electron chi connectivity index (χ4n) is 2.51. The number of benzene rings is 1. The van der Waals surface area contributed by atoms with Crippen LogP contribution in [-0.4, -0.2) is 46.7 Å². The Morgan fingerprint density at radius 2 is 2.04 bits per heavy atom. The number of hydrogen-bond acceptors (Lipinski definition) is 4. The molecule has 1 aliphatic rings. The average Bonchev–Trinajstić information content (AvgIpc) is 2.87. The van der Waals surface area contributed by atoms with Gasteiger partial charge in [-0.1, -0.05) is 18.2 Å². The van der Waals surface area contributed by atoms with Crippen molar-refractivity contribution in [2.45, 2.75) is 45.3 Å². The van der Waals surface area contributed by atoms with Crippen molar-refractivity contribution in [1.82, 2.24) is 10.2 Å².